The highest BCUT2D eigenvalue weighted by Gasteiger charge is 2.77. The molecule has 2 heterocycles. The van der Waals surface area contributed by atoms with Crippen molar-refractivity contribution in [2.24, 2.45) is 5.92 Å². The zero-order valence-electron chi connectivity index (χ0n) is 19.5. The maximum absolute atomic E-state index is 13.3. The first kappa shape index (κ1) is 22.9. The molecule has 1 aliphatic heterocycles. The third-order valence-electron chi connectivity index (χ3n) is 8.37. The Labute approximate surface area is 210 Å². The molecule has 1 saturated heterocycles. The summed E-state index contributed by atoms with van der Waals surface area (Å²) in [7, 11) is 0. The SMILES string of the molecule is O=C(Oc1c[nH]c2ccc3cc4ccccc4cc3c12)[C@@H]1O[C@]2(O)[C@@](O)(C=C[C@H]3C[C@@H](O)C[C@]32O)[C@H]1O. The Morgan fingerprint density at radius 2 is 1.78 bits per heavy atom. The molecule has 9 nitrogen and oxygen atoms in total. The molecule has 4 aromatic rings. The number of aromatic amines is 1. The van der Waals surface area contributed by atoms with Gasteiger partial charge in [-0.3, -0.25) is 0 Å². The zero-order chi connectivity index (χ0) is 25.7. The van der Waals surface area contributed by atoms with Crippen molar-refractivity contribution in [2.45, 2.75) is 48.1 Å². The van der Waals surface area contributed by atoms with Gasteiger partial charge in [0.05, 0.1) is 11.5 Å². The van der Waals surface area contributed by atoms with Crippen LogP contribution in [-0.4, -0.2) is 71.8 Å². The van der Waals surface area contributed by atoms with Gasteiger partial charge in [-0.25, -0.2) is 4.79 Å². The Bertz CT molecular complexity index is 1630. The first-order valence-electron chi connectivity index (χ1n) is 12.2. The maximum Gasteiger partial charge on any atom is 0.343 e. The lowest BCUT2D eigenvalue weighted by atomic mass is 9.68. The van der Waals surface area contributed by atoms with Gasteiger partial charge in [-0.1, -0.05) is 36.4 Å². The molecule has 0 amide bonds. The van der Waals surface area contributed by atoms with Crippen LogP contribution in [0.1, 0.15) is 12.8 Å². The van der Waals surface area contributed by atoms with Crippen molar-refractivity contribution in [1.29, 1.82) is 0 Å². The van der Waals surface area contributed by atoms with Crippen LogP contribution in [0.4, 0.5) is 0 Å². The monoisotopic (exact) mass is 503 g/mol. The summed E-state index contributed by atoms with van der Waals surface area (Å²) in [5.74, 6) is -4.32. The van der Waals surface area contributed by atoms with Crippen LogP contribution in [-0.2, 0) is 9.53 Å². The fourth-order valence-corrected chi connectivity index (χ4v) is 6.45. The Hall–Kier alpha value is -3.31. The predicted octanol–water partition coefficient (Wildman–Crippen LogP) is 1.63. The summed E-state index contributed by atoms with van der Waals surface area (Å²) in [6.45, 7) is 0. The van der Waals surface area contributed by atoms with Crippen LogP contribution in [0.2, 0.25) is 0 Å². The standard InChI is InChI=1S/C28H25NO8/c30-18-11-17-7-8-26(33)24(31)23(37-28(26,35)27(17,34)12-18)25(32)36-21-13-29-20-6-5-16-9-14-3-1-2-4-15(14)10-19(16)22(20)21/h1-10,13,17-18,23-24,29-31,33-35H,11-12H2/t17-,18+,23+,24-,26+,27-,28+/m0/s1. The molecule has 0 bridgehead atoms. The van der Waals surface area contributed by atoms with Crippen molar-refractivity contribution in [3.63, 3.8) is 0 Å². The lowest BCUT2D eigenvalue weighted by Gasteiger charge is -2.49. The molecule has 0 spiro atoms. The summed E-state index contributed by atoms with van der Waals surface area (Å²) in [5, 5.41) is 59.5. The van der Waals surface area contributed by atoms with E-state index in [4.69, 9.17) is 9.47 Å². The average molecular weight is 504 g/mol. The van der Waals surface area contributed by atoms with Crippen LogP contribution < -0.4 is 4.74 Å². The molecule has 1 saturated carbocycles. The van der Waals surface area contributed by atoms with Crippen LogP contribution in [0.15, 0.2) is 66.9 Å². The number of fused-ring (bicyclic) bond motifs is 7. The molecular formula is C28H25NO8. The fraction of sp³-hybridized carbons (Fsp3) is 0.321. The predicted molar refractivity (Wildman–Crippen MR) is 133 cm³/mol. The largest absolute Gasteiger partial charge is 0.422 e. The molecule has 6 N–H and O–H groups in total. The van der Waals surface area contributed by atoms with Crippen molar-refractivity contribution in [3.8, 4) is 5.75 Å². The minimum atomic E-state index is -2.73. The van der Waals surface area contributed by atoms with Gasteiger partial charge in [-0.05, 0) is 52.2 Å². The van der Waals surface area contributed by atoms with E-state index >= 15 is 0 Å². The smallest absolute Gasteiger partial charge is 0.343 e. The highest BCUT2D eigenvalue weighted by molar-refractivity contribution is 6.14. The van der Waals surface area contributed by atoms with Crippen LogP contribution in [0, 0.1) is 5.92 Å². The van der Waals surface area contributed by atoms with E-state index in [2.05, 4.69) is 4.98 Å². The van der Waals surface area contributed by atoms with Crippen molar-refractivity contribution >= 4 is 38.4 Å². The van der Waals surface area contributed by atoms with Crippen molar-refractivity contribution in [3.05, 3.63) is 66.9 Å². The number of hydrogen-bond acceptors (Lipinski definition) is 8. The molecule has 190 valence electrons. The van der Waals surface area contributed by atoms with Crippen LogP contribution in [0.25, 0.3) is 32.4 Å². The van der Waals surface area contributed by atoms with E-state index in [1.54, 1.807) is 0 Å². The number of rotatable bonds is 2. The number of H-pyrrole nitrogens is 1. The topological polar surface area (TPSA) is 152 Å². The summed E-state index contributed by atoms with van der Waals surface area (Å²) >= 11 is 0. The van der Waals surface area contributed by atoms with E-state index in [0.29, 0.717) is 5.39 Å². The van der Waals surface area contributed by atoms with Gasteiger partial charge >= 0.3 is 5.97 Å². The number of esters is 1. The molecule has 0 unspecified atom stereocenters. The molecule has 7 rings (SSSR count). The van der Waals surface area contributed by atoms with Gasteiger partial charge in [0.2, 0.25) is 5.79 Å². The first-order valence-corrected chi connectivity index (χ1v) is 12.2. The van der Waals surface area contributed by atoms with E-state index < -0.39 is 47.2 Å². The highest BCUT2D eigenvalue weighted by atomic mass is 16.7. The average Bonchev–Trinajstić information content (AvgIpc) is 3.49. The fourth-order valence-electron chi connectivity index (χ4n) is 6.45. The van der Waals surface area contributed by atoms with Gasteiger partial charge in [0.15, 0.2) is 17.5 Å². The van der Waals surface area contributed by atoms with E-state index in [-0.39, 0.29) is 18.6 Å². The quantitative estimate of drug-likeness (QED) is 0.137. The van der Waals surface area contributed by atoms with E-state index in [9.17, 15) is 30.3 Å². The number of nitrogens with one attached hydrogen (secondary N) is 1. The number of carbonyl (C=O) groups is 1. The number of carbonyl (C=O) groups excluding carboxylic acids is 1. The maximum atomic E-state index is 13.3. The number of aromatic nitrogens is 1. The van der Waals surface area contributed by atoms with E-state index in [0.717, 1.165) is 33.1 Å². The Morgan fingerprint density at radius 1 is 1.03 bits per heavy atom. The van der Waals surface area contributed by atoms with Crippen molar-refractivity contribution < 1.29 is 39.8 Å². The number of aliphatic hydroxyl groups is 5. The third-order valence-corrected chi connectivity index (χ3v) is 8.37. The molecule has 9 heteroatoms. The zero-order valence-corrected chi connectivity index (χ0v) is 19.5. The summed E-state index contributed by atoms with van der Waals surface area (Å²) in [5.41, 5.74) is -3.87. The molecule has 7 atom stereocenters. The normalized spacial score (nSPS) is 36.8. The summed E-state index contributed by atoms with van der Waals surface area (Å²) in [6, 6.07) is 15.8. The lowest BCUT2D eigenvalue weighted by molar-refractivity contribution is -0.343. The Kier molecular flexibility index (Phi) is 4.56. The lowest BCUT2D eigenvalue weighted by Crippen LogP contribution is -2.70. The molecule has 3 aliphatic rings. The molecule has 37 heavy (non-hydrogen) atoms. The highest BCUT2D eigenvalue weighted by Crippen LogP contribution is 2.57. The molecule has 2 aliphatic carbocycles. The van der Waals surface area contributed by atoms with E-state index in [1.165, 1.54) is 12.3 Å². The van der Waals surface area contributed by atoms with Gasteiger partial charge in [0, 0.05) is 24.1 Å². The molecule has 2 fully saturated rings. The van der Waals surface area contributed by atoms with Gasteiger partial charge in [0.1, 0.15) is 11.7 Å². The van der Waals surface area contributed by atoms with Crippen LogP contribution in [0.5, 0.6) is 5.75 Å². The number of hydrogen-bond donors (Lipinski definition) is 6. The molecular weight excluding hydrogens is 478 g/mol. The molecule has 1 aromatic heterocycles. The van der Waals surface area contributed by atoms with Gasteiger partial charge in [0.25, 0.3) is 0 Å². The number of aliphatic hydroxyl groups excluding tert-OH is 2. The van der Waals surface area contributed by atoms with Crippen molar-refractivity contribution in [1.82, 2.24) is 4.98 Å². The minimum absolute atomic E-state index is 0.136. The second kappa shape index (κ2) is 7.38. The Balaban J connectivity index is 1.27. The second-order valence-corrected chi connectivity index (χ2v) is 10.4. The number of ether oxygens (including phenoxy) is 2. The van der Waals surface area contributed by atoms with Gasteiger partial charge < -0.3 is 40.0 Å². The molecule has 0 radical (unpaired) electrons. The second-order valence-electron chi connectivity index (χ2n) is 10.4. The van der Waals surface area contributed by atoms with Gasteiger partial charge in [-0.15, -0.1) is 0 Å². The summed E-state index contributed by atoms with van der Waals surface area (Å²) in [4.78, 5) is 16.4. The Morgan fingerprint density at radius 3 is 2.57 bits per heavy atom. The first-order chi connectivity index (χ1) is 17.6. The summed E-state index contributed by atoms with van der Waals surface area (Å²) < 4.78 is 11.2. The van der Waals surface area contributed by atoms with Crippen LogP contribution in [0.3, 0.4) is 0 Å². The van der Waals surface area contributed by atoms with Gasteiger partial charge in [-0.2, -0.15) is 0 Å². The third kappa shape index (κ3) is 2.86. The van der Waals surface area contributed by atoms with Crippen LogP contribution >= 0.6 is 0 Å². The van der Waals surface area contributed by atoms with E-state index in [1.807, 2.05) is 48.5 Å². The number of benzene rings is 3. The summed E-state index contributed by atoms with van der Waals surface area (Å²) in [6.07, 6.45) is -0.766. The minimum Gasteiger partial charge on any atom is -0.422 e. The molecule has 3 aromatic carbocycles. The van der Waals surface area contributed by atoms with Crippen molar-refractivity contribution in [2.75, 3.05) is 0 Å².